The third kappa shape index (κ3) is 5.92. The number of benzene rings is 3. The van der Waals surface area contributed by atoms with E-state index in [4.69, 9.17) is 11.6 Å². The lowest BCUT2D eigenvalue weighted by atomic mass is 10.0. The van der Waals surface area contributed by atoms with Crippen LogP contribution in [0, 0.1) is 17.1 Å². The molecule has 1 saturated carbocycles. The minimum atomic E-state index is -0.314. The van der Waals surface area contributed by atoms with Gasteiger partial charge in [-0.1, -0.05) is 61.0 Å². The molecular weight excluding hydrogens is 537 g/mol. The van der Waals surface area contributed by atoms with Gasteiger partial charge in [0, 0.05) is 35.6 Å². The molecule has 1 aromatic heterocycles. The molecule has 3 aromatic carbocycles. The van der Waals surface area contributed by atoms with Crippen LogP contribution >= 0.6 is 11.6 Å². The quantitative estimate of drug-likeness (QED) is 0.167. The second kappa shape index (κ2) is 11.7. The van der Waals surface area contributed by atoms with Crippen LogP contribution in [0.5, 0.6) is 0 Å². The first-order valence-electron chi connectivity index (χ1n) is 13.9. The maximum atomic E-state index is 13.8. The number of hydrogen-bond acceptors (Lipinski definition) is 7. The molecule has 0 amide bonds. The van der Waals surface area contributed by atoms with E-state index in [9.17, 15) is 9.65 Å². The summed E-state index contributed by atoms with van der Waals surface area (Å²) in [6.07, 6.45) is 7.59. The number of halogens is 2. The molecule has 0 radical (unpaired) electrons. The normalized spacial score (nSPS) is 16.0. The monoisotopic (exact) mass is 567 g/mol. The van der Waals surface area contributed by atoms with Gasteiger partial charge in [-0.25, -0.2) is 4.39 Å². The average Bonchev–Trinajstić information content (AvgIpc) is 3.73. The fraction of sp³-hybridized carbons (Fsp3) is 0.250. The van der Waals surface area contributed by atoms with E-state index in [1.807, 2.05) is 30.3 Å². The summed E-state index contributed by atoms with van der Waals surface area (Å²) in [6, 6.07) is 23.1. The molecule has 1 fully saturated rings. The minimum Gasteiger partial charge on any atom is -0.380 e. The Morgan fingerprint density at radius 2 is 1.90 bits per heavy atom. The fourth-order valence-corrected chi connectivity index (χ4v) is 5.45. The first-order chi connectivity index (χ1) is 20.0. The summed E-state index contributed by atoms with van der Waals surface area (Å²) >= 11 is 6.80. The van der Waals surface area contributed by atoms with Gasteiger partial charge in [0.15, 0.2) is 0 Å². The number of rotatable bonds is 10. The van der Waals surface area contributed by atoms with Crippen molar-refractivity contribution in [2.45, 2.75) is 50.7 Å². The molecule has 9 heteroatoms. The molecule has 0 spiro atoms. The Bertz CT molecular complexity index is 1610. The summed E-state index contributed by atoms with van der Waals surface area (Å²) < 4.78 is 13.8. The molecule has 1 aliphatic carbocycles. The fourth-order valence-electron chi connectivity index (χ4n) is 5.19. The van der Waals surface area contributed by atoms with Crippen molar-refractivity contribution in [1.29, 1.82) is 5.26 Å². The average molecular weight is 568 g/mol. The molecule has 208 valence electrons. The Morgan fingerprint density at radius 1 is 1.12 bits per heavy atom. The van der Waals surface area contributed by atoms with E-state index in [2.05, 4.69) is 62.9 Å². The first-order valence-corrected chi connectivity index (χ1v) is 14.3. The molecule has 1 aliphatic heterocycles. The van der Waals surface area contributed by atoms with E-state index in [0.717, 1.165) is 48.0 Å². The van der Waals surface area contributed by atoms with Crippen molar-refractivity contribution in [2.24, 2.45) is 0 Å². The summed E-state index contributed by atoms with van der Waals surface area (Å²) in [5, 5.41) is 20.5. The van der Waals surface area contributed by atoms with Crippen LogP contribution in [-0.2, 0) is 6.42 Å². The van der Waals surface area contributed by atoms with Crippen LogP contribution in [0.3, 0.4) is 0 Å². The van der Waals surface area contributed by atoms with Crippen LogP contribution in [0.15, 0.2) is 84.8 Å². The first kappa shape index (κ1) is 26.9. The van der Waals surface area contributed by atoms with Crippen LogP contribution in [-0.4, -0.2) is 22.1 Å². The van der Waals surface area contributed by atoms with Crippen LogP contribution in [0.4, 0.5) is 15.8 Å². The van der Waals surface area contributed by atoms with Crippen molar-refractivity contribution in [2.75, 3.05) is 10.6 Å². The van der Waals surface area contributed by atoms with Gasteiger partial charge in [0.1, 0.15) is 11.9 Å². The van der Waals surface area contributed by atoms with Crippen molar-refractivity contribution in [1.82, 2.24) is 21.0 Å². The van der Waals surface area contributed by atoms with Crippen molar-refractivity contribution >= 4 is 33.9 Å². The summed E-state index contributed by atoms with van der Waals surface area (Å²) in [4.78, 5) is 4.53. The van der Waals surface area contributed by atoms with Gasteiger partial charge in [-0.05, 0) is 61.1 Å². The molecule has 7 nitrogen and oxygen atoms in total. The smallest absolute Gasteiger partial charge is 0.123 e. The lowest BCUT2D eigenvalue weighted by Gasteiger charge is -2.23. The Labute approximate surface area is 244 Å². The molecule has 2 aliphatic rings. The number of nitriles is 1. The summed E-state index contributed by atoms with van der Waals surface area (Å²) in [5.74, 6) is -0.292. The lowest BCUT2D eigenvalue weighted by Crippen LogP contribution is -2.38. The highest BCUT2D eigenvalue weighted by Crippen LogP contribution is 2.37. The van der Waals surface area contributed by atoms with Gasteiger partial charge in [0.25, 0.3) is 0 Å². The van der Waals surface area contributed by atoms with E-state index >= 15 is 0 Å². The maximum absolute atomic E-state index is 13.8. The van der Waals surface area contributed by atoms with Crippen LogP contribution in [0.1, 0.15) is 48.9 Å². The Hall–Kier alpha value is -4.32. The topological polar surface area (TPSA) is 88.0 Å². The number of nitrogens with zero attached hydrogens (tertiary/aromatic N) is 3. The number of hydrogen-bond donors (Lipinski definition) is 4. The van der Waals surface area contributed by atoms with Gasteiger partial charge in [-0.2, -0.15) is 5.26 Å². The summed E-state index contributed by atoms with van der Waals surface area (Å²) in [6.45, 7) is 2.13. The Kier molecular flexibility index (Phi) is 7.64. The lowest BCUT2D eigenvalue weighted by molar-refractivity contribution is 0.260. The molecule has 2 atom stereocenters. The molecule has 2 unspecified atom stereocenters. The standard InChI is InChI=1S/C32H31ClFN7/c1-2-24(14-20-6-4-3-5-7-20)37-30-22(17-35)18-36-32-27(30)15-25(16-28(32)33)38-31(21-8-10-23(34)11-9-21)29-19-41(40-39-29)26-12-13-26/h3-11,15-16,18-19,24,26,31,38-40H,2,12-14H2,1H3,(H,36,37). The highest BCUT2D eigenvalue weighted by Gasteiger charge is 2.32. The van der Waals surface area contributed by atoms with Gasteiger partial charge in [0.05, 0.1) is 33.5 Å². The van der Waals surface area contributed by atoms with Gasteiger partial charge >= 0.3 is 0 Å². The molecular formula is C32H31ClFN7. The zero-order valence-corrected chi connectivity index (χ0v) is 23.4. The summed E-state index contributed by atoms with van der Waals surface area (Å²) in [7, 11) is 0. The zero-order chi connectivity index (χ0) is 28.3. The van der Waals surface area contributed by atoms with Gasteiger partial charge in [-0.15, -0.1) is 5.53 Å². The number of pyridine rings is 1. The van der Waals surface area contributed by atoms with E-state index < -0.39 is 0 Å². The van der Waals surface area contributed by atoms with Gasteiger partial charge < -0.3 is 16.1 Å². The second-order valence-corrected chi connectivity index (χ2v) is 10.9. The predicted molar refractivity (Wildman–Crippen MR) is 161 cm³/mol. The molecule has 6 rings (SSSR count). The third-order valence-electron chi connectivity index (χ3n) is 7.58. The van der Waals surface area contributed by atoms with Crippen molar-refractivity contribution < 1.29 is 4.39 Å². The maximum Gasteiger partial charge on any atom is 0.123 e. The van der Waals surface area contributed by atoms with Gasteiger partial charge in [0.2, 0.25) is 0 Å². The van der Waals surface area contributed by atoms with Crippen LogP contribution < -0.4 is 21.6 Å². The van der Waals surface area contributed by atoms with Crippen molar-refractivity contribution in [3.05, 3.63) is 112 Å². The summed E-state index contributed by atoms with van der Waals surface area (Å²) in [5.41, 5.74) is 12.0. The molecule has 4 N–H and O–H groups in total. The molecule has 2 heterocycles. The molecule has 0 saturated heterocycles. The van der Waals surface area contributed by atoms with E-state index in [-0.39, 0.29) is 17.9 Å². The van der Waals surface area contributed by atoms with Crippen LogP contribution in [0.2, 0.25) is 5.02 Å². The number of anilines is 2. The Morgan fingerprint density at radius 3 is 2.61 bits per heavy atom. The molecule has 41 heavy (non-hydrogen) atoms. The van der Waals surface area contributed by atoms with Gasteiger partial charge in [-0.3, -0.25) is 9.99 Å². The minimum absolute atomic E-state index is 0.102. The zero-order valence-electron chi connectivity index (χ0n) is 22.7. The van der Waals surface area contributed by atoms with Crippen molar-refractivity contribution in [3.63, 3.8) is 0 Å². The Balaban J connectivity index is 1.37. The highest BCUT2D eigenvalue weighted by molar-refractivity contribution is 6.35. The second-order valence-electron chi connectivity index (χ2n) is 10.5. The SMILES string of the molecule is CCC(Cc1ccccc1)Nc1c(C#N)cnc2c(Cl)cc(NC(C3=CN(C4CC4)NN3)c3ccc(F)cc3)cc12. The third-order valence-corrected chi connectivity index (χ3v) is 7.87. The number of nitrogens with one attached hydrogen (secondary N) is 4. The molecule has 0 bridgehead atoms. The molecule has 4 aromatic rings. The van der Waals surface area contributed by atoms with E-state index in [0.29, 0.717) is 27.8 Å². The number of fused-ring (bicyclic) bond motifs is 1. The van der Waals surface area contributed by atoms with Crippen LogP contribution in [0.25, 0.3) is 10.9 Å². The predicted octanol–water partition coefficient (Wildman–Crippen LogP) is 6.81. The van der Waals surface area contributed by atoms with E-state index in [1.165, 1.54) is 17.7 Å². The highest BCUT2D eigenvalue weighted by atomic mass is 35.5. The van der Waals surface area contributed by atoms with Crippen molar-refractivity contribution in [3.8, 4) is 6.07 Å². The number of hydrazine groups is 2. The number of aromatic nitrogens is 1. The van der Waals surface area contributed by atoms with E-state index in [1.54, 1.807) is 18.3 Å². The largest absolute Gasteiger partial charge is 0.380 e.